The summed E-state index contributed by atoms with van der Waals surface area (Å²) in [4.78, 5) is 13.4. The number of nitriles is 1. The smallest absolute Gasteiger partial charge is 0.283 e. The Kier molecular flexibility index (Phi) is 9.25. The number of hydrazine groups is 1. The standard InChI is InChI=1S/C29H29Cl2N5O/c1-2-24-27(29(37)34-35-18-8-5-9-19-35)33-36(26-16-15-23(30)20-25(26)31)28(24)22-13-11-21(12-14-22)10-6-3-4-7-17-32/h11-16,20H,2-5,7-9,18-19H2,1H3,(H,34,37). The van der Waals surface area contributed by atoms with Gasteiger partial charge in [-0.25, -0.2) is 9.69 Å². The lowest BCUT2D eigenvalue weighted by atomic mass is 10.0. The van der Waals surface area contributed by atoms with Crippen molar-refractivity contribution in [3.63, 3.8) is 0 Å². The first kappa shape index (κ1) is 26.8. The lowest BCUT2D eigenvalue weighted by Crippen LogP contribution is -2.45. The van der Waals surface area contributed by atoms with Gasteiger partial charge in [0.15, 0.2) is 5.69 Å². The van der Waals surface area contributed by atoms with E-state index in [9.17, 15) is 4.79 Å². The van der Waals surface area contributed by atoms with Crippen molar-refractivity contribution in [2.24, 2.45) is 0 Å². The third kappa shape index (κ3) is 6.53. The van der Waals surface area contributed by atoms with Gasteiger partial charge in [0.2, 0.25) is 0 Å². The van der Waals surface area contributed by atoms with Gasteiger partial charge in [0.05, 0.1) is 22.5 Å². The van der Waals surface area contributed by atoms with Crippen LogP contribution in [-0.2, 0) is 6.42 Å². The predicted octanol–water partition coefficient (Wildman–Crippen LogP) is 6.58. The van der Waals surface area contributed by atoms with E-state index in [1.807, 2.05) is 42.3 Å². The van der Waals surface area contributed by atoms with Crippen LogP contribution in [0.5, 0.6) is 0 Å². The summed E-state index contributed by atoms with van der Waals surface area (Å²) in [6.07, 6.45) is 5.89. The maximum atomic E-state index is 13.4. The number of benzene rings is 2. The van der Waals surface area contributed by atoms with Gasteiger partial charge in [0, 0.05) is 47.6 Å². The van der Waals surface area contributed by atoms with Crippen molar-refractivity contribution in [3.05, 3.63) is 69.3 Å². The topological polar surface area (TPSA) is 74.0 Å². The number of aromatic nitrogens is 2. The Hall–Kier alpha value is -3.29. The summed E-state index contributed by atoms with van der Waals surface area (Å²) in [5.74, 6) is 6.06. The van der Waals surface area contributed by atoms with Gasteiger partial charge < -0.3 is 0 Å². The highest BCUT2D eigenvalue weighted by Gasteiger charge is 2.26. The van der Waals surface area contributed by atoms with Crippen molar-refractivity contribution < 1.29 is 4.79 Å². The molecule has 1 saturated heterocycles. The van der Waals surface area contributed by atoms with E-state index in [-0.39, 0.29) is 5.91 Å². The zero-order valence-electron chi connectivity index (χ0n) is 20.9. The second-order valence-electron chi connectivity index (χ2n) is 8.92. The minimum atomic E-state index is -0.219. The third-order valence-electron chi connectivity index (χ3n) is 6.29. The molecule has 0 atom stereocenters. The Morgan fingerprint density at radius 2 is 1.84 bits per heavy atom. The molecule has 0 bridgehead atoms. The van der Waals surface area contributed by atoms with Gasteiger partial charge in [0.25, 0.3) is 5.91 Å². The molecule has 2 aromatic carbocycles. The second kappa shape index (κ2) is 12.8. The molecular weight excluding hydrogens is 505 g/mol. The highest BCUT2D eigenvalue weighted by atomic mass is 35.5. The number of nitrogens with zero attached hydrogens (tertiary/aromatic N) is 4. The largest absolute Gasteiger partial charge is 0.286 e. The van der Waals surface area contributed by atoms with Gasteiger partial charge in [-0.05, 0) is 56.0 Å². The molecule has 6 nitrogen and oxygen atoms in total. The Labute approximate surface area is 228 Å². The number of nitrogens with one attached hydrogen (secondary N) is 1. The maximum Gasteiger partial charge on any atom is 0.286 e. The van der Waals surface area contributed by atoms with E-state index in [0.717, 1.165) is 54.7 Å². The van der Waals surface area contributed by atoms with E-state index < -0.39 is 0 Å². The molecule has 0 radical (unpaired) electrons. The molecular formula is C29H29Cl2N5O. The number of carbonyl (C=O) groups is 1. The Morgan fingerprint density at radius 1 is 1.08 bits per heavy atom. The van der Waals surface area contributed by atoms with Crippen LogP contribution < -0.4 is 5.43 Å². The molecule has 0 aliphatic carbocycles. The first-order valence-corrected chi connectivity index (χ1v) is 13.4. The van der Waals surface area contributed by atoms with Crippen LogP contribution in [0, 0.1) is 23.2 Å². The Balaban J connectivity index is 1.74. The number of unbranched alkanes of at least 4 members (excludes halogenated alkanes) is 2. The fourth-order valence-electron chi connectivity index (χ4n) is 4.43. The first-order valence-electron chi connectivity index (χ1n) is 12.6. The molecule has 0 saturated carbocycles. The third-order valence-corrected chi connectivity index (χ3v) is 6.83. The van der Waals surface area contributed by atoms with Crippen LogP contribution in [-0.4, -0.2) is 33.8 Å². The van der Waals surface area contributed by atoms with E-state index in [0.29, 0.717) is 40.7 Å². The van der Waals surface area contributed by atoms with Gasteiger partial charge in [0.1, 0.15) is 0 Å². The molecule has 0 spiro atoms. The summed E-state index contributed by atoms with van der Waals surface area (Å²) in [6.45, 7) is 3.69. The maximum absolute atomic E-state index is 13.4. The van der Waals surface area contributed by atoms with E-state index >= 15 is 0 Å². The number of amides is 1. The number of rotatable bonds is 7. The highest BCUT2D eigenvalue weighted by Crippen LogP contribution is 2.33. The number of hydrogen-bond donors (Lipinski definition) is 1. The van der Waals surface area contributed by atoms with Crippen molar-refractivity contribution >= 4 is 29.1 Å². The minimum absolute atomic E-state index is 0.219. The Morgan fingerprint density at radius 3 is 2.51 bits per heavy atom. The number of halogens is 2. The zero-order chi connectivity index (χ0) is 26.2. The quantitative estimate of drug-likeness (QED) is 0.274. The fourth-order valence-corrected chi connectivity index (χ4v) is 4.91. The van der Waals surface area contributed by atoms with E-state index in [1.54, 1.807) is 16.8 Å². The van der Waals surface area contributed by atoms with Crippen LogP contribution in [0.15, 0.2) is 42.5 Å². The van der Waals surface area contributed by atoms with E-state index in [1.165, 1.54) is 6.42 Å². The van der Waals surface area contributed by atoms with Crippen molar-refractivity contribution in [1.29, 1.82) is 5.26 Å². The van der Waals surface area contributed by atoms with Crippen molar-refractivity contribution in [1.82, 2.24) is 20.2 Å². The molecule has 8 heteroatoms. The van der Waals surface area contributed by atoms with Gasteiger partial charge in [-0.3, -0.25) is 10.2 Å². The number of carbonyl (C=O) groups excluding carboxylic acids is 1. The lowest BCUT2D eigenvalue weighted by Gasteiger charge is -2.26. The average molecular weight is 534 g/mol. The SMILES string of the molecule is CCc1c(C(=O)NN2CCCCC2)nn(-c2ccc(Cl)cc2Cl)c1-c1ccc(C#CCCCC#N)cc1. The summed E-state index contributed by atoms with van der Waals surface area (Å²) in [5, 5.41) is 16.4. The van der Waals surface area contributed by atoms with Crippen molar-refractivity contribution in [2.75, 3.05) is 13.1 Å². The molecule has 1 N–H and O–H groups in total. The predicted molar refractivity (Wildman–Crippen MR) is 148 cm³/mol. The zero-order valence-corrected chi connectivity index (χ0v) is 22.4. The monoisotopic (exact) mass is 533 g/mol. The van der Waals surface area contributed by atoms with Crippen LogP contribution in [0.3, 0.4) is 0 Å². The molecule has 0 unspecified atom stereocenters. The van der Waals surface area contributed by atoms with Crippen molar-refractivity contribution in [3.8, 4) is 34.9 Å². The van der Waals surface area contributed by atoms with E-state index in [4.69, 9.17) is 33.6 Å². The summed E-state index contributed by atoms with van der Waals surface area (Å²) < 4.78 is 1.74. The average Bonchev–Trinajstić information content (AvgIpc) is 3.29. The van der Waals surface area contributed by atoms with E-state index in [2.05, 4.69) is 23.3 Å². The molecule has 1 aliphatic heterocycles. The number of piperidine rings is 1. The van der Waals surface area contributed by atoms with Crippen LogP contribution >= 0.6 is 23.2 Å². The van der Waals surface area contributed by atoms with Gasteiger partial charge in [-0.15, -0.1) is 0 Å². The van der Waals surface area contributed by atoms with Crippen LogP contribution in [0.4, 0.5) is 0 Å². The number of hydrogen-bond acceptors (Lipinski definition) is 4. The molecule has 1 amide bonds. The lowest BCUT2D eigenvalue weighted by molar-refractivity contribution is 0.0743. The molecule has 37 heavy (non-hydrogen) atoms. The Bertz CT molecular complexity index is 1360. The fraction of sp³-hybridized carbons (Fsp3) is 0.345. The molecule has 1 fully saturated rings. The molecule has 4 rings (SSSR count). The summed E-state index contributed by atoms with van der Waals surface area (Å²) >= 11 is 12.7. The van der Waals surface area contributed by atoms with Crippen LogP contribution in [0.25, 0.3) is 16.9 Å². The van der Waals surface area contributed by atoms with Gasteiger partial charge in [-0.1, -0.05) is 60.5 Å². The molecule has 2 heterocycles. The second-order valence-corrected chi connectivity index (χ2v) is 9.76. The van der Waals surface area contributed by atoms with Crippen LogP contribution in [0.2, 0.25) is 10.0 Å². The van der Waals surface area contributed by atoms with Gasteiger partial charge in [-0.2, -0.15) is 10.4 Å². The van der Waals surface area contributed by atoms with Crippen LogP contribution in [0.1, 0.15) is 67.1 Å². The summed E-state index contributed by atoms with van der Waals surface area (Å²) in [7, 11) is 0. The molecule has 190 valence electrons. The normalized spacial score (nSPS) is 13.5. The summed E-state index contributed by atoms with van der Waals surface area (Å²) in [5.41, 5.74) is 7.53. The molecule has 3 aromatic rings. The highest BCUT2D eigenvalue weighted by molar-refractivity contribution is 6.35. The molecule has 1 aliphatic rings. The van der Waals surface area contributed by atoms with Crippen molar-refractivity contribution in [2.45, 2.75) is 51.9 Å². The van der Waals surface area contributed by atoms with Gasteiger partial charge >= 0.3 is 0 Å². The first-order chi connectivity index (χ1) is 18.0. The summed E-state index contributed by atoms with van der Waals surface area (Å²) in [6, 6.07) is 15.3. The minimum Gasteiger partial charge on any atom is -0.283 e. The molecule has 1 aromatic heterocycles.